The van der Waals surface area contributed by atoms with Crippen LogP contribution < -0.4 is 14.8 Å². The lowest BCUT2D eigenvalue weighted by Gasteiger charge is -2.08. The van der Waals surface area contributed by atoms with Gasteiger partial charge in [-0.1, -0.05) is 37.3 Å². The van der Waals surface area contributed by atoms with Gasteiger partial charge in [-0.25, -0.2) is 8.42 Å². The summed E-state index contributed by atoms with van der Waals surface area (Å²) >= 11 is 0.729. The lowest BCUT2D eigenvalue weighted by atomic mass is 10.1. The number of nitrogens with zero attached hydrogens (tertiary/aromatic N) is 3. The molecule has 170 valence electrons. The van der Waals surface area contributed by atoms with Crippen LogP contribution in [0.25, 0.3) is 6.08 Å². The quantitative estimate of drug-likeness (QED) is 0.263. The minimum absolute atomic E-state index is 0.00496. The van der Waals surface area contributed by atoms with E-state index in [0.717, 1.165) is 17.3 Å². The predicted octanol–water partition coefficient (Wildman–Crippen LogP) is 3.34. The fourth-order valence-corrected chi connectivity index (χ4v) is 4.08. The van der Waals surface area contributed by atoms with Crippen LogP contribution in [0.15, 0.2) is 65.3 Å². The summed E-state index contributed by atoms with van der Waals surface area (Å²) in [4.78, 5) is 16.2. The minimum Gasteiger partial charge on any atom is -0.490 e. The second-order valence-corrected chi connectivity index (χ2v) is 9.41. The molecule has 0 aliphatic heterocycles. The van der Waals surface area contributed by atoms with Gasteiger partial charge in [0.25, 0.3) is 11.1 Å². The molecule has 1 aromatic heterocycles. The topological polar surface area (TPSA) is 131 Å². The molecule has 0 aliphatic rings. The second kappa shape index (κ2) is 11.2. The molecule has 11 heteroatoms. The van der Waals surface area contributed by atoms with Crippen molar-refractivity contribution in [2.75, 3.05) is 24.3 Å². The first-order valence-electron chi connectivity index (χ1n) is 9.81. The van der Waals surface area contributed by atoms with Crippen molar-refractivity contribution in [3.8, 4) is 17.6 Å². The lowest BCUT2D eigenvalue weighted by Crippen LogP contribution is -2.13. The van der Waals surface area contributed by atoms with Crippen LogP contribution in [0.5, 0.6) is 11.5 Å². The van der Waals surface area contributed by atoms with Crippen molar-refractivity contribution in [2.24, 2.45) is 0 Å². The number of para-hydroxylation sites is 1. The molecule has 0 saturated carbocycles. The smallest absolute Gasteiger partial charge is 0.268 e. The molecule has 33 heavy (non-hydrogen) atoms. The molecule has 0 aliphatic carbocycles. The van der Waals surface area contributed by atoms with Crippen LogP contribution in [0.4, 0.5) is 5.13 Å². The Hall–Kier alpha value is -3.75. The van der Waals surface area contributed by atoms with E-state index in [9.17, 15) is 18.5 Å². The molecular weight excluding hydrogens is 464 g/mol. The Kier molecular flexibility index (Phi) is 8.12. The van der Waals surface area contributed by atoms with Crippen molar-refractivity contribution >= 4 is 38.5 Å². The summed E-state index contributed by atoms with van der Waals surface area (Å²) in [6, 6.07) is 18.1. The van der Waals surface area contributed by atoms with Gasteiger partial charge in [0, 0.05) is 11.5 Å². The van der Waals surface area contributed by atoms with Gasteiger partial charge < -0.3 is 9.47 Å². The average molecular weight is 485 g/mol. The number of carbonyl (C=O) groups excluding carboxylic acids is 1. The zero-order chi connectivity index (χ0) is 23.7. The molecule has 0 radical (unpaired) electrons. The van der Waals surface area contributed by atoms with Crippen molar-refractivity contribution in [3.63, 3.8) is 0 Å². The Bertz CT molecular complexity index is 1260. The number of benzene rings is 2. The van der Waals surface area contributed by atoms with E-state index >= 15 is 0 Å². The van der Waals surface area contributed by atoms with Crippen LogP contribution in [0.1, 0.15) is 12.5 Å². The molecule has 1 N–H and O–H groups in total. The number of sulfone groups is 1. The highest BCUT2D eigenvalue weighted by molar-refractivity contribution is 7.91. The number of anilines is 1. The van der Waals surface area contributed by atoms with Gasteiger partial charge in [0.1, 0.15) is 36.4 Å². The minimum atomic E-state index is -3.58. The number of aromatic nitrogens is 2. The monoisotopic (exact) mass is 484 g/mol. The molecule has 0 spiro atoms. The highest BCUT2D eigenvalue weighted by Crippen LogP contribution is 2.18. The fourth-order valence-electron chi connectivity index (χ4n) is 2.49. The van der Waals surface area contributed by atoms with E-state index in [1.54, 1.807) is 24.3 Å². The van der Waals surface area contributed by atoms with E-state index < -0.39 is 15.7 Å². The van der Waals surface area contributed by atoms with E-state index in [1.165, 1.54) is 13.0 Å². The second-order valence-electron chi connectivity index (χ2n) is 6.49. The molecule has 1 amide bonds. The first-order chi connectivity index (χ1) is 15.9. The number of hydrogen-bond acceptors (Lipinski definition) is 9. The van der Waals surface area contributed by atoms with Gasteiger partial charge in [-0.15, -0.1) is 0 Å². The predicted molar refractivity (Wildman–Crippen MR) is 124 cm³/mol. The molecule has 0 fully saturated rings. The molecule has 0 atom stereocenters. The normalized spacial score (nSPS) is 11.5. The van der Waals surface area contributed by atoms with Gasteiger partial charge in [0.2, 0.25) is 15.0 Å². The molecule has 2 aromatic carbocycles. The van der Waals surface area contributed by atoms with Crippen LogP contribution in [-0.4, -0.2) is 42.6 Å². The maximum atomic E-state index is 12.4. The Morgan fingerprint density at radius 2 is 1.73 bits per heavy atom. The van der Waals surface area contributed by atoms with E-state index in [1.807, 2.05) is 36.4 Å². The summed E-state index contributed by atoms with van der Waals surface area (Å²) < 4.78 is 38.5. The van der Waals surface area contributed by atoms with Gasteiger partial charge in [0.15, 0.2) is 0 Å². The van der Waals surface area contributed by atoms with Crippen LogP contribution in [0.2, 0.25) is 0 Å². The van der Waals surface area contributed by atoms with Gasteiger partial charge in [-0.3, -0.25) is 10.1 Å². The van der Waals surface area contributed by atoms with Gasteiger partial charge in [-0.05, 0) is 35.9 Å². The van der Waals surface area contributed by atoms with Crippen LogP contribution in [-0.2, 0) is 14.6 Å². The Morgan fingerprint density at radius 3 is 2.33 bits per heavy atom. The fraction of sp³-hybridized carbons (Fsp3) is 0.182. The third-order valence-corrected chi connectivity index (χ3v) is 6.45. The Balaban J connectivity index is 1.56. The zero-order valence-electron chi connectivity index (χ0n) is 17.6. The molecule has 1 heterocycles. The summed E-state index contributed by atoms with van der Waals surface area (Å²) in [6.45, 7) is 2.21. The van der Waals surface area contributed by atoms with Crippen LogP contribution in [0, 0.1) is 11.3 Å². The molecule has 0 bridgehead atoms. The molecule has 0 saturated heterocycles. The molecular formula is C22H20N4O5S2. The molecule has 0 unspecified atom stereocenters. The summed E-state index contributed by atoms with van der Waals surface area (Å²) in [6.07, 6.45) is 1.41. The van der Waals surface area contributed by atoms with Crippen molar-refractivity contribution in [2.45, 2.75) is 12.1 Å². The Morgan fingerprint density at radius 1 is 1.09 bits per heavy atom. The largest absolute Gasteiger partial charge is 0.490 e. The molecule has 9 nitrogen and oxygen atoms in total. The van der Waals surface area contributed by atoms with Crippen LogP contribution >= 0.6 is 11.5 Å². The number of rotatable bonds is 10. The number of carbonyl (C=O) groups is 1. The van der Waals surface area contributed by atoms with Crippen molar-refractivity contribution in [3.05, 3.63) is 65.7 Å². The highest BCUT2D eigenvalue weighted by atomic mass is 32.2. The highest BCUT2D eigenvalue weighted by Gasteiger charge is 2.20. The van der Waals surface area contributed by atoms with Gasteiger partial charge >= 0.3 is 0 Å². The SMILES string of the molecule is CCS(=O)(=O)c1nsc(NC(=O)/C(C#N)=C\c2ccc(OCCOc3ccccc3)cc2)n1. The first kappa shape index (κ1) is 23.9. The lowest BCUT2D eigenvalue weighted by molar-refractivity contribution is -0.112. The van der Waals surface area contributed by atoms with Crippen molar-refractivity contribution < 1.29 is 22.7 Å². The van der Waals surface area contributed by atoms with E-state index in [4.69, 9.17) is 9.47 Å². The third kappa shape index (κ3) is 6.86. The average Bonchev–Trinajstić information content (AvgIpc) is 3.31. The van der Waals surface area contributed by atoms with E-state index in [0.29, 0.717) is 24.5 Å². The number of nitrogens with one attached hydrogen (secondary N) is 1. The number of ether oxygens (including phenoxy) is 2. The number of nitriles is 1. The summed E-state index contributed by atoms with van der Waals surface area (Å²) in [5, 5.41) is 11.4. The van der Waals surface area contributed by atoms with E-state index in [2.05, 4.69) is 14.7 Å². The number of amides is 1. The van der Waals surface area contributed by atoms with Crippen molar-refractivity contribution in [1.29, 1.82) is 5.26 Å². The molecule has 3 rings (SSSR count). The number of hydrogen-bond donors (Lipinski definition) is 1. The maximum Gasteiger partial charge on any atom is 0.268 e. The van der Waals surface area contributed by atoms with Gasteiger partial charge in [0.05, 0.1) is 5.75 Å². The zero-order valence-corrected chi connectivity index (χ0v) is 19.2. The summed E-state index contributed by atoms with van der Waals surface area (Å²) in [5.41, 5.74) is 0.441. The summed E-state index contributed by atoms with van der Waals surface area (Å²) in [7, 11) is -3.58. The van der Waals surface area contributed by atoms with Crippen LogP contribution in [0.3, 0.4) is 0 Å². The standard InChI is InChI=1S/C22H20N4O5S2/c1-2-33(28,29)22-25-21(32-26-22)24-20(27)17(15-23)14-16-8-10-19(11-9-16)31-13-12-30-18-6-4-3-5-7-18/h3-11,14H,2,12-13H2,1H3,(H,24,25,26,27)/b17-14-. The van der Waals surface area contributed by atoms with E-state index in [-0.39, 0.29) is 21.6 Å². The third-order valence-electron chi connectivity index (χ3n) is 4.21. The van der Waals surface area contributed by atoms with Gasteiger partial charge in [-0.2, -0.15) is 14.6 Å². The first-order valence-corrected chi connectivity index (χ1v) is 12.2. The summed E-state index contributed by atoms with van der Waals surface area (Å²) in [5.74, 6) is 0.513. The Labute approximate surface area is 195 Å². The van der Waals surface area contributed by atoms with Crippen molar-refractivity contribution in [1.82, 2.24) is 9.36 Å². The molecule has 3 aromatic rings. The maximum absolute atomic E-state index is 12.4.